The molecule has 0 radical (unpaired) electrons. The summed E-state index contributed by atoms with van der Waals surface area (Å²) in [5, 5.41) is 20.5. The zero-order chi connectivity index (χ0) is 25.9. The molecule has 196 valence electrons. The first-order valence-corrected chi connectivity index (χ1v) is 13.3. The highest BCUT2D eigenvalue weighted by molar-refractivity contribution is 6.34. The lowest BCUT2D eigenvalue weighted by Crippen LogP contribution is -2.60. The molecule has 2 aromatic heterocycles. The molecular weight excluding hydrogens is 492 g/mol. The number of nitrogens with one attached hydrogen (secondary N) is 1. The molecule has 3 unspecified atom stereocenters. The van der Waals surface area contributed by atoms with Crippen LogP contribution in [0.5, 0.6) is 0 Å². The number of benzene rings is 1. The summed E-state index contributed by atoms with van der Waals surface area (Å²) in [5.41, 5.74) is 1.59. The van der Waals surface area contributed by atoms with E-state index in [1.807, 2.05) is 31.4 Å². The van der Waals surface area contributed by atoms with Crippen LogP contribution < -0.4 is 10.2 Å². The van der Waals surface area contributed by atoms with Crippen molar-refractivity contribution < 1.29 is 14.6 Å². The Kier molecular flexibility index (Phi) is 6.14. The van der Waals surface area contributed by atoms with E-state index >= 15 is 0 Å². The number of rotatable bonds is 5. The molecule has 6 rings (SSSR count). The van der Waals surface area contributed by atoms with Gasteiger partial charge in [-0.2, -0.15) is 5.10 Å². The van der Waals surface area contributed by atoms with Crippen LogP contribution in [0.2, 0.25) is 5.02 Å². The molecule has 1 amide bonds. The van der Waals surface area contributed by atoms with Crippen molar-refractivity contribution >= 4 is 39.8 Å². The summed E-state index contributed by atoms with van der Waals surface area (Å²) in [6.45, 7) is 8.35. The first kappa shape index (κ1) is 24.6. The number of hydrogen-bond acceptors (Lipinski definition) is 7. The maximum atomic E-state index is 13.0. The minimum Gasteiger partial charge on any atom is -0.389 e. The second kappa shape index (κ2) is 9.23. The second-order valence-corrected chi connectivity index (χ2v) is 11.3. The predicted molar refractivity (Wildman–Crippen MR) is 143 cm³/mol. The highest BCUT2D eigenvalue weighted by Gasteiger charge is 2.53. The lowest BCUT2D eigenvalue weighted by atomic mass is 9.95. The van der Waals surface area contributed by atoms with Crippen LogP contribution in [0, 0.1) is 11.8 Å². The Balaban J connectivity index is 1.16. The van der Waals surface area contributed by atoms with Crippen molar-refractivity contribution in [3.63, 3.8) is 0 Å². The van der Waals surface area contributed by atoms with Gasteiger partial charge in [0.2, 0.25) is 5.91 Å². The third-order valence-corrected chi connectivity index (χ3v) is 8.83. The van der Waals surface area contributed by atoms with Gasteiger partial charge in [-0.25, -0.2) is 4.98 Å². The molecule has 0 bridgehead atoms. The molecule has 1 aromatic carbocycles. The molecule has 5 atom stereocenters. The average molecular weight is 525 g/mol. The number of piperazine rings is 1. The minimum atomic E-state index is -0.470. The number of carbonyl (C=O) groups excluding carboxylic acids is 1. The highest BCUT2D eigenvalue weighted by Crippen LogP contribution is 2.53. The fraction of sp³-hybridized carbons (Fsp3) is 0.519. The molecule has 4 heterocycles. The number of aliphatic hydroxyl groups excluding tert-OH is 1. The zero-order valence-electron chi connectivity index (χ0n) is 21.4. The summed E-state index contributed by atoms with van der Waals surface area (Å²) in [5.74, 6) is 0.808. The first-order valence-electron chi connectivity index (χ1n) is 12.9. The number of fused-ring (bicyclic) bond motifs is 1. The third kappa shape index (κ3) is 4.37. The average Bonchev–Trinajstić information content (AvgIpc) is 3.15. The third-order valence-electron chi connectivity index (χ3n) is 8.53. The maximum absolute atomic E-state index is 13.0. The summed E-state index contributed by atoms with van der Waals surface area (Å²) in [6, 6.07) is 7.92. The Morgan fingerprint density at radius 3 is 2.68 bits per heavy atom. The minimum absolute atomic E-state index is 0.0214. The van der Waals surface area contributed by atoms with Crippen LogP contribution in [0.15, 0.2) is 36.7 Å². The molecular formula is C27H33ClN6O3. The molecule has 1 saturated carbocycles. The van der Waals surface area contributed by atoms with E-state index in [9.17, 15) is 9.90 Å². The number of aliphatic hydroxyl groups is 1. The monoisotopic (exact) mass is 524 g/mol. The van der Waals surface area contributed by atoms with Gasteiger partial charge < -0.3 is 20.1 Å². The van der Waals surface area contributed by atoms with Crippen molar-refractivity contribution in [3.8, 4) is 0 Å². The van der Waals surface area contributed by atoms with E-state index in [-0.39, 0.29) is 29.2 Å². The fourth-order valence-corrected chi connectivity index (χ4v) is 6.31. The van der Waals surface area contributed by atoms with E-state index in [2.05, 4.69) is 45.1 Å². The number of nitrogens with zero attached hydrogens (tertiary/aromatic N) is 5. The van der Waals surface area contributed by atoms with Gasteiger partial charge in [0.05, 0.1) is 47.2 Å². The van der Waals surface area contributed by atoms with E-state index < -0.39 is 6.10 Å². The molecule has 2 saturated heterocycles. The molecule has 3 fully saturated rings. The summed E-state index contributed by atoms with van der Waals surface area (Å²) in [4.78, 5) is 22.1. The largest absolute Gasteiger partial charge is 0.389 e. The number of pyridine rings is 1. The van der Waals surface area contributed by atoms with E-state index in [0.29, 0.717) is 24.1 Å². The summed E-state index contributed by atoms with van der Waals surface area (Å²) >= 11 is 6.70. The number of anilines is 2. The van der Waals surface area contributed by atoms with Gasteiger partial charge in [-0.1, -0.05) is 18.5 Å². The van der Waals surface area contributed by atoms with Crippen LogP contribution in [-0.4, -0.2) is 81.7 Å². The Morgan fingerprint density at radius 1 is 1.22 bits per heavy atom. The second-order valence-electron chi connectivity index (χ2n) is 10.9. The van der Waals surface area contributed by atoms with Crippen LogP contribution in [0.4, 0.5) is 11.5 Å². The van der Waals surface area contributed by atoms with Crippen LogP contribution in [0.25, 0.3) is 10.8 Å². The number of amides is 1. The Hall–Kier alpha value is -2.72. The summed E-state index contributed by atoms with van der Waals surface area (Å²) in [6.07, 6.45) is 3.20. The van der Waals surface area contributed by atoms with E-state index in [1.54, 1.807) is 10.9 Å². The van der Waals surface area contributed by atoms with Gasteiger partial charge in [-0.15, -0.1) is 0 Å². The van der Waals surface area contributed by atoms with Gasteiger partial charge in [0.15, 0.2) is 0 Å². The molecule has 3 aliphatic rings. The van der Waals surface area contributed by atoms with Crippen LogP contribution in [0.3, 0.4) is 0 Å². The molecule has 2 aliphatic heterocycles. The lowest BCUT2D eigenvalue weighted by Gasteiger charge is -2.45. The normalized spacial score (nSPS) is 30.1. The Bertz CT molecular complexity index is 1340. The van der Waals surface area contributed by atoms with E-state index in [1.165, 1.54) is 0 Å². The number of hydrogen-bond donors (Lipinski definition) is 2. The molecule has 9 nitrogen and oxygen atoms in total. The topological polar surface area (TPSA) is 95.8 Å². The molecule has 10 heteroatoms. The SMILES string of the molecule is CC1C(C(=O)Nc2cc3cc(N4CCN([C@@]5(C)COC[C@H]5O)CC4)c(Cl)cc3cn2)C1c1ccn(C)n1. The Morgan fingerprint density at radius 2 is 2.00 bits per heavy atom. The van der Waals surface area contributed by atoms with Crippen molar-refractivity contribution in [3.05, 3.63) is 47.4 Å². The highest BCUT2D eigenvalue weighted by atomic mass is 35.5. The number of carbonyl (C=O) groups is 1. The van der Waals surface area contributed by atoms with E-state index in [0.717, 1.165) is 48.3 Å². The van der Waals surface area contributed by atoms with Crippen molar-refractivity contribution in [1.29, 1.82) is 0 Å². The molecule has 0 spiro atoms. The molecule has 3 aromatic rings. The van der Waals surface area contributed by atoms with Gasteiger partial charge in [-0.05, 0) is 42.5 Å². The number of halogens is 1. The maximum Gasteiger partial charge on any atom is 0.229 e. The fourth-order valence-electron chi connectivity index (χ4n) is 6.02. The van der Waals surface area contributed by atoms with Crippen molar-refractivity contribution in [2.24, 2.45) is 18.9 Å². The molecule has 37 heavy (non-hydrogen) atoms. The van der Waals surface area contributed by atoms with Crippen molar-refractivity contribution in [2.45, 2.75) is 31.4 Å². The lowest BCUT2D eigenvalue weighted by molar-refractivity contribution is -0.117. The van der Waals surface area contributed by atoms with Gasteiger partial charge >= 0.3 is 0 Å². The standard InChI is InChI=1S/C27H33ClN6O3/c1-16-24(20-4-5-32(3)31-20)25(16)26(36)30-23-12-17-11-21(19(28)10-18(17)13-29-23)33-6-8-34(9-7-33)27(2)15-37-14-22(27)35/h4-5,10-13,16,22,24-25,35H,6-9,14-15H2,1-3H3,(H,29,30,36)/t16?,22-,24?,25?,27+/m1/s1. The molecule has 2 N–H and O–H groups in total. The van der Waals surface area contributed by atoms with Crippen LogP contribution >= 0.6 is 11.6 Å². The first-order chi connectivity index (χ1) is 17.7. The van der Waals surface area contributed by atoms with Crippen LogP contribution in [-0.2, 0) is 16.6 Å². The zero-order valence-corrected chi connectivity index (χ0v) is 22.1. The quantitative estimate of drug-likeness (QED) is 0.530. The Labute approximate surface area is 221 Å². The predicted octanol–water partition coefficient (Wildman–Crippen LogP) is 2.88. The summed E-state index contributed by atoms with van der Waals surface area (Å²) < 4.78 is 7.30. The van der Waals surface area contributed by atoms with Gasteiger partial charge in [-0.3, -0.25) is 14.4 Å². The van der Waals surface area contributed by atoms with Crippen molar-refractivity contribution in [1.82, 2.24) is 19.7 Å². The van der Waals surface area contributed by atoms with E-state index in [4.69, 9.17) is 16.3 Å². The number of ether oxygens (including phenoxy) is 1. The molecule has 1 aliphatic carbocycles. The summed E-state index contributed by atoms with van der Waals surface area (Å²) in [7, 11) is 1.89. The number of aromatic nitrogens is 3. The van der Waals surface area contributed by atoms with Crippen LogP contribution in [0.1, 0.15) is 25.5 Å². The van der Waals surface area contributed by atoms with Crippen molar-refractivity contribution in [2.75, 3.05) is 49.6 Å². The van der Waals surface area contributed by atoms with Gasteiger partial charge in [0.25, 0.3) is 0 Å². The van der Waals surface area contributed by atoms with Gasteiger partial charge in [0, 0.05) is 56.9 Å². The smallest absolute Gasteiger partial charge is 0.229 e. The van der Waals surface area contributed by atoms with Gasteiger partial charge in [0.1, 0.15) is 5.82 Å². The number of aryl methyl sites for hydroxylation is 1.